The van der Waals surface area contributed by atoms with Crippen LogP contribution in [0, 0.1) is 0 Å². The number of benzene rings is 9. The molecule has 0 aliphatic carbocycles. The summed E-state index contributed by atoms with van der Waals surface area (Å²) in [6.07, 6.45) is 0. The quantitative estimate of drug-likeness (QED) is 0.168. The van der Waals surface area contributed by atoms with E-state index < -0.39 is 0 Å². The molecule has 0 saturated carbocycles. The number of para-hydroxylation sites is 6. The minimum absolute atomic E-state index is 0.630. The Kier molecular flexibility index (Phi) is 7.50. The summed E-state index contributed by atoms with van der Waals surface area (Å²) < 4.78 is 17.0. The van der Waals surface area contributed by atoms with Gasteiger partial charge in [0.25, 0.3) is 0 Å². The number of hydrogen-bond acceptors (Lipinski definition) is 4. The predicted octanol–water partition coefficient (Wildman–Crippen LogP) is 14.8. The van der Waals surface area contributed by atoms with Crippen LogP contribution in [0.25, 0.3) is 122 Å². The van der Waals surface area contributed by atoms with Gasteiger partial charge in [0, 0.05) is 44.0 Å². The molecule has 0 unspecified atom stereocenters. The van der Waals surface area contributed by atoms with E-state index in [1.807, 2.05) is 48.5 Å². The first-order valence-corrected chi connectivity index (χ1v) is 20.8. The van der Waals surface area contributed by atoms with Crippen LogP contribution in [0.2, 0.25) is 0 Å². The lowest BCUT2D eigenvalue weighted by Gasteiger charge is -2.11. The van der Waals surface area contributed by atoms with Crippen LogP contribution in [0.5, 0.6) is 0 Å². The number of rotatable bonds is 6. The molecule has 13 rings (SSSR count). The highest BCUT2D eigenvalue weighted by Gasteiger charge is 2.18. The Morgan fingerprint density at radius 1 is 0.290 bits per heavy atom. The summed E-state index contributed by atoms with van der Waals surface area (Å²) in [6, 6.07) is 72.5. The molecule has 6 nitrogen and oxygen atoms in total. The number of hydrogen-bond donors (Lipinski definition) is 0. The van der Waals surface area contributed by atoms with E-state index in [0.717, 1.165) is 77.5 Å². The lowest BCUT2D eigenvalue weighted by Crippen LogP contribution is -1.94. The molecule has 0 aliphatic rings. The maximum atomic E-state index is 6.14. The van der Waals surface area contributed by atoms with Gasteiger partial charge < -0.3 is 18.0 Å². The standard InChI is InChI=1S/C56H34N4O2/c1-5-13-49-43(9-1)45-33-39(55-57-47-11-3-7-15-53(47)61-55)25-31-51(45)59(49)41-27-21-37(22-28-41)35-17-19-36(20-18-35)38-23-29-42(30-24-38)60-50-14-6-2-10-44(50)46-34-40(26-32-52(46)60)56-58-48-12-4-8-16-54(48)62-56/h1-34H. The van der Waals surface area contributed by atoms with E-state index in [1.54, 1.807) is 0 Å². The molecule has 62 heavy (non-hydrogen) atoms. The Morgan fingerprint density at radius 2 is 0.629 bits per heavy atom. The maximum Gasteiger partial charge on any atom is 0.227 e. The van der Waals surface area contributed by atoms with Crippen LogP contribution in [0.1, 0.15) is 0 Å². The lowest BCUT2D eigenvalue weighted by molar-refractivity contribution is 0.619. The third-order valence-corrected chi connectivity index (χ3v) is 12.2. The Labute approximate surface area is 355 Å². The van der Waals surface area contributed by atoms with Crippen LogP contribution >= 0.6 is 0 Å². The van der Waals surface area contributed by atoms with Crippen molar-refractivity contribution >= 4 is 65.8 Å². The van der Waals surface area contributed by atoms with Crippen molar-refractivity contribution in [3.63, 3.8) is 0 Å². The first kappa shape index (κ1) is 34.4. The van der Waals surface area contributed by atoms with Gasteiger partial charge in [-0.25, -0.2) is 9.97 Å². The summed E-state index contributed by atoms with van der Waals surface area (Å²) >= 11 is 0. The zero-order valence-electron chi connectivity index (χ0n) is 33.2. The van der Waals surface area contributed by atoms with Gasteiger partial charge in [0.2, 0.25) is 11.8 Å². The van der Waals surface area contributed by atoms with Gasteiger partial charge in [0.15, 0.2) is 11.2 Å². The smallest absolute Gasteiger partial charge is 0.227 e. The van der Waals surface area contributed by atoms with E-state index in [1.165, 1.54) is 33.0 Å². The van der Waals surface area contributed by atoms with Crippen molar-refractivity contribution < 1.29 is 8.83 Å². The fourth-order valence-electron chi connectivity index (χ4n) is 9.22. The molecule has 0 fully saturated rings. The molecule has 0 amide bonds. The van der Waals surface area contributed by atoms with Crippen molar-refractivity contribution in [2.45, 2.75) is 0 Å². The van der Waals surface area contributed by atoms with Crippen LogP contribution < -0.4 is 0 Å². The van der Waals surface area contributed by atoms with Gasteiger partial charge in [-0.2, -0.15) is 0 Å². The predicted molar refractivity (Wildman–Crippen MR) is 252 cm³/mol. The van der Waals surface area contributed by atoms with Gasteiger partial charge in [-0.05, 0) is 119 Å². The molecule has 9 aromatic carbocycles. The topological polar surface area (TPSA) is 61.9 Å². The molecule has 6 heteroatoms. The second-order valence-corrected chi connectivity index (χ2v) is 15.8. The van der Waals surface area contributed by atoms with Crippen LogP contribution in [0.15, 0.2) is 215 Å². The molecule has 4 aromatic heterocycles. The van der Waals surface area contributed by atoms with Gasteiger partial charge >= 0.3 is 0 Å². The highest BCUT2D eigenvalue weighted by Crippen LogP contribution is 2.38. The molecular formula is C56H34N4O2. The number of fused-ring (bicyclic) bond motifs is 8. The van der Waals surface area contributed by atoms with Crippen molar-refractivity contribution in [1.29, 1.82) is 0 Å². The molecule has 0 radical (unpaired) electrons. The number of oxazole rings is 2. The fraction of sp³-hybridized carbons (Fsp3) is 0. The highest BCUT2D eigenvalue weighted by molar-refractivity contribution is 6.11. The van der Waals surface area contributed by atoms with Crippen LogP contribution in [-0.2, 0) is 0 Å². The molecule has 0 atom stereocenters. The Balaban J connectivity index is 0.787. The van der Waals surface area contributed by atoms with Crippen molar-refractivity contribution in [2.75, 3.05) is 0 Å². The molecule has 13 aromatic rings. The Bertz CT molecular complexity index is 3530. The van der Waals surface area contributed by atoms with Gasteiger partial charge in [-0.1, -0.05) is 109 Å². The summed E-state index contributed by atoms with van der Waals surface area (Å²) in [5.74, 6) is 1.26. The van der Waals surface area contributed by atoms with E-state index in [4.69, 9.17) is 18.8 Å². The lowest BCUT2D eigenvalue weighted by atomic mass is 10.00. The average Bonchev–Trinajstić information content (AvgIpc) is 4.12. The highest BCUT2D eigenvalue weighted by atomic mass is 16.4. The van der Waals surface area contributed by atoms with Gasteiger partial charge in [0.1, 0.15) is 11.0 Å². The van der Waals surface area contributed by atoms with Crippen LogP contribution in [0.4, 0.5) is 0 Å². The average molecular weight is 795 g/mol. The molecular weight excluding hydrogens is 761 g/mol. The fourth-order valence-corrected chi connectivity index (χ4v) is 9.22. The summed E-state index contributed by atoms with van der Waals surface area (Å²) in [7, 11) is 0. The van der Waals surface area contributed by atoms with Crippen molar-refractivity contribution in [3.05, 3.63) is 206 Å². The molecule has 0 aliphatic heterocycles. The Hall–Kier alpha value is -8.48. The first-order chi connectivity index (χ1) is 30.7. The van der Waals surface area contributed by atoms with E-state index in [-0.39, 0.29) is 0 Å². The van der Waals surface area contributed by atoms with Crippen LogP contribution in [-0.4, -0.2) is 19.1 Å². The van der Waals surface area contributed by atoms with E-state index in [9.17, 15) is 0 Å². The number of aromatic nitrogens is 4. The van der Waals surface area contributed by atoms with E-state index in [0.29, 0.717) is 11.8 Å². The molecule has 4 heterocycles. The van der Waals surface area contributed by atoms with Crippen LogP contribution in [0.3, 0.4) is 0 Å². The third kappa shape index (κ3) is 5.44. The molecule has 290 valence electrons. The summed E-state index contributed by atoms with van der Waals surface area (Å²) in [6.45, 7) is 0. The molecule has 0 bridgehead atoms. The minimum atomic E-state index is 0.630. The zero-order valence-corrected chi connectivity index (χ0v) is 33.2. The van der Waals surface area contributed by atoms with Crippen molar-refractivity contribution in [2.24, 2.45) is 0 Å². The monoisotopic (exact) mass is 794 g/mol. The largest absolute Gasteiger partial charge is 0.436 e. The molecule has 0 spiro atoms. The summed E-state index contributed by atoms with van der Waals surface area (Å²) in [5.41, 5.74) is 16.7. The number of nitrogens with zero attached hydrogens (tertiary/aromatic N) is 4. The second-order valence-electron chi connectivity index (χ2n) is 15.8. The van der Waals surface area contributed by atoms with E-state index >= 15 is 0 Å². The molecule has 0 saturated heterocycles. The Morgan fingerprint density at radius 3 is 1.05 bits per heavy atom. The van der Waals surface area contributed by atoms with Crippen molar-refractivity contribution in [3.8, 4) is 56.5 Å². The maximum absolute atomic E-state index is 6.14. The van der Waals surface area contributed by atoms with Crippen molar-refractivity contribution in [1.82, 2.24) is 19.1 Å². The zero-order chi connectivity index (χ0) is 40.7. The van der Waals surface area contributed by atoms with Gasteiger partial charge in [0.05, 0.1) is 22.1 Å². The first-order valence-electron chi connectivity index (χ1n) is 20.8. The molecule has 0 N–H and O–H groups in total. The SMILES string of the molecule is c1ccc2oc(-c3ccc4c(c3)c3ccccc3n4-c3ccc(-c4ccc(-c5ccc(-n6c7ccccc7c7cc(-c8nc9ccccc9o8)ccc76)cc5)cc4)cc3)nc2c1. The minimum Gasteiger partial charge on any atom is -0.436 e. The second kappa shape index (κ2) is 13.5. The third-order valence-electron chi connectivity index (χ3n) is 12.2. The van der Waals surface area contributed by atoms with E-state index in [2.05, 4.69) is 167 Å². The normalized spacial score (nSPS) is 11.9. The van der Waals surface area contributed by atoms with Gasteiger partial charge in [-0.15, -0.1) is 0 Å². The summed E-state index contributed by atoms with van der Waals surface area (Å²) in [5, 5.41) is 4.70. The van der Waals surface area contributed by atoms with Gasteiger partial charge in [-0.3, -0.25) is 0 Å². The summed E-state index contributed by atoms with van der Waals surface area (Å²) in [4.78, 5) is 9.53.